The van der Waals surface area contributed by atoms with Crippen LogP contribution in [0.3, 0.4) is 0 Å². The van der Waals surface area contributed by atoms with Crippen molar-refractivity contribution in [2.24, 2.45) is 0 Å². The zero-order valence-corrected chi connectivity index (χ0v) is 12.3. The molecule has 0 aliphatic heterocycles. The van der Waals surface area contributed by atoms with Crippen LogP contribution in [0.1, 0.15) is 17.7 Å². The van der Waals surface area contributed by atoms with Gasteiger partial charge in [-0.25, -0.2) is 8.42 Å². The standard InChI is InChI=1S/C13H16F3NO3S/c1-3-4-7-21(18,19)8-11-10(2)12(5-6-17-11)20-9-13(14,15)16/h3,5-6H,1,4,7-9H2,2H3. The molecular weight excluding hydrogens is 307 g/mol. The van der Waals surface area contributed by atoms with Gasteiger partial charge >= 0.3 is 6.18 Å². The molecule has 4 nitrogen and oxygen atoms in total. The molecule has 0 saturated heterocycles. The molecule has 0 atom stereocenters. The molecule has 0 spiro atoms. The lowest BCUT2D eigenvalue weighted by Crippen LogP contribution is -2.20. The number of allylic oxidation sites excluding steroid dienone is 1. The summed E-state index contributed by atoms with van der Waals surface area (Å²) in [5, 5.41) is 0. The summed E-state index contributed by atoms with van der Waals surface area (Å²) < 4.78 is 64.7. The zero-order valence-electron chi connectivity index (χ0n) is 11.5. The summed E-state index contributed by atoms with van der Waals surface area (Å²) >= 11 is 0. The van der Waals surface area contributed by atoms with Crippen LogP contribution in [0.25, 0.3) is 0 Å². The third kappa shape index (κ3) is 6.16. The first kappa shape index (κ1) is 17.5. The number of hydrogen-bond donors (Lipinski definition) is 0. The lowest BCUT2D eigenvalue weighted by molar-refractivity contribution is -0.153. The quantitative estimate of drug-likeness (QED) is 0.724. The van der Waals surface area contributed by atoms with Gasteiger partial charge in [-0.3, -0.25) is 4.98 Å². The maximum atomic E-state index is 12.1. The number of rotatable bonds is 7. The van der Waals surface area contributed by atoms with Crippen molar-refractivity contribution < 1.29 is 26.3 Å². The first-order chi connectivity index (χ1) is 9.64. The van der Waals surface area contributed by atoms with Crippen LogP contribution >= 0.6 is 0 Å². The summed E-state index contributed by atoms with van der Waals surface area (Å²) in [6.45, 7) is 3.50. The van der Waals surface area contributed by atoms with E-state index in [1.54, 1.807) is 0 Å². The van der Waals surface area contributed by atoms with Crippen molar-refractivity contribution in [3.63, 3.8) is 0 Å². The molecule has 0 amide bonds. The first-order valence-electron chi connectivity index (χ1n) is 6.10. The van der Waals surface area contributed by atoms with Gasteiger partial charge in [0.25, 0.3) is 0 Å². The summed E-state index contributed by atoms with van der Waals surface area (Å²) in [5.74, 6) is -0.433. The second kappa shape index (κ2) is 6.93. The Morgan fingerprint density at radius 2 is 2.10 bits per heavy atom. The number of ether oxygens (including phenoxy) is 1. The maximum Gasteiger partial charge on any atom is 0.422 e. The van der Waals surface area contributed by atoms with Gasteiger partial charge in [-0.1, -0.05) is 6.08 Å². The highest BCUT2D eigenvalue weighted by Crippen LogP contribution is 2.24. The lowest BCUT2D eigenvalue weighted by Gasteiger charge is -2.13. The minimum absolute atomic E-state index is 0.0174. The molecule has 0 unspecified atom stereocenters. The van der Waals surface area contributed by atoms with Crippen molar-refractivity contribution in [2.75, 3.05) is 12.4 Å². The molecule has 0 aromatic carbocycles. The number of aromatic nitrogens is 1. The van der Waals surface area contributed by atoms with Crippen LogP contribution in [0.5, 0.6) is 5.75 Å². The van der Waals surface area contributed by atoms with Gasteiger partial charge in [0, 0.05) is 11.8 Å². The predicted molar refractivity (Wildman–Crippen MR) is 72.8 cm³/mol. The van der Waals surface area contributed by atoms with Crippen molar-refractivity contribution in [1.82, 2.24) is 4.98 Å². The van der Waals surface area contributed by atoms with Gasteiger partial charge in [-0.2, -0.15) is 13.2 Å². The first-order valence-corrected chi connectivity index (χ1v) is 7.92. The minimum Gasteiger partial charge on any atom is -0.484 e. The summed E-state index contributed by atoms with van der Waals surface area (Å²) in [6, 6.07) is 1.28. The van der Waals surface area contributed by atoms with Gasteiger partial charge in [0.05, 0.1) is 17.2 Å². The van der Waals surface area contributed by atoms with Crippen molar-refractivity contribution >= 4 is 9.84 Å². The molecule has 0 N–H and O–H groups in total. The highest BCUT2D eigenvalue weighted by Gasteiger charge is 2.29. The molecule has 0 bridgehead atoms. The third-order valence-corrected chi connectivity index (χ3v) is 4.21. The molecule has 0 radical (unpaired) electrons. The van der Waals surface area contributed by atoms with E-state index >= 15 is 0 Å². The molecule has 0 aliphatic rings. The van der Waals surface area contributed by atoms with E-state index in [0.29, 0.717) is 12.0 Å². The molecule has 118 valence electrons. The van der Waals surface area contributed by atoms with Crippen LogP contribution < -0.4 is 4.74 Å². The molecule has 8 heteroatoms. The molecule has 1 aromatic rings. The van der Waals surface area contributed by atoms with E-state index in [-0.39, 0.29) is 22.9 Å². The smallest absolute Gasteiger partial charge is 0.422 e. The van der Waals surface area contributed by atoms with Gasteiger partial charge < -0.3 is 4.74 Å². The fraction of sp³-hybridized carbons (Fsp3) is 0.462. The summed E-state index contributed by atoms with van der Waals surface area (Å²) in [4.78, 5) is 3.91. The van der Waals surface area contributed by atoms with Crippen molar-refractivity contribution in [2.45, 2.75) is 25.3 Å². The maximum absolute atomic E-state index is 12.1. The average molecular weight is 323 g/mol. The summed E-state index contributed by atoms with van der Waals surface area (Å²) in [6.07, 6.45) is -1.42. The molecule has 1 heterocycles. The van der Waals surface area contributed by atoms with E-state index in [1.165, 1.54) is 25.3 Å². The number of sulfone groups is 1. The van der Waals surface area contributed by atoms with Crippen LogP contribution in [0, 0.1) is 6.92 Å². The van der Waals surface area contributed by atoms with E-state index in [1.807, 2.05) is 0 Å². The summed E-state index contributed by atoms with van der Waals surface area (Å²) in [5.41, 5.74) is 0.489. The number of pyridine rings is 1. The lowest BCUT2D eigenvalue weighted by atomic mass is 10.2. The predicted octanol–water partition coefficient (Wildman–Crippen LogP) is 2.82. The van der Waals surface area contributed by atoms with E-state index < -0.39 is 22.6 Å². The van der Waals surface area contributed by atoms with Crippen LogP contribution in [-0.2, 0) is 15.6 Å². The van der Waals surface area contributed by atoms with Gasteiger partial charge in [-0.15, -0.1) is 6.58 Å². The minimum atomic E-state index is -4.45. The highest BCUT2D eigenvalue weighted by molar-refractivity contribution is 7.90. The van der Waals surface area contributed by atoms with Crippen molar-refractivity contribution in [3.8, 4) is 5.75 Å². The Kier molecular flexibility index (Phi) is 5.77. The highest BCUT2D eigenvalue weighted by atomic mass is 32.2. The van der Waals surface area contributed by atoms with E-state index in [2.05, 4.69) is 16.3 Å². The van der Waals surface area contributed by atoms with E-state index in [9.17, 15) is 21.6 Å². The van der Waals surface area contributed by atoms with Gasteiger partial charge in [0.1, 0.15) is 5.75 Å². The van der Waals surface area contributed by atoms with E-state index in [4.69, 9.17) is 0 Å². The fourth-order valence-electron chi connectivity index (χ4n) is 1.56. The molecule has 0 saturated carbocycles. The molecule has 0 aliphatic carbocycles. The molecule has 21 heavy (non-hydrogen) atoms. The number of halogens is 3. The Morgan fingerprint density at radius 1 is 1.43 bits per heavy atom. The van der Waals surface area contributed by atoms with Crippen LogP contribution in [-0.4, -0.2) is 31.9 Å². The van der Waals surface area contributed by atoms with Crippen LogP contribution in [0.2, 0.25) is 0 Å². The van der Waals surface area contributed by atoms with Crippen LogP contribution in [0.4, 0.5) is 13.2 Å². The Balaban J connectivity index is 2.88. The molecule has 1 aromatic heterocycles. The Labute approximate surface area is 121 Å². The van der Waals surface area contributed by atoms with E-state index in [0.717, 1.165) is 0 Å². The molecule has 0 fully saturated rings. The molecular formula is C13H16F3NO3S. The Bertz CT molecular complexity index is 597. The number of alkyl halides is 3. The zero-order chi connectivity index (χ0) is 16.1. The Hall–Kier alpha value is -1.57. The second-order valence-electron chi connectivity index (χ2n) is 4.45. The van der Waals surface area contributed by atoms with Gasteiger partial charge in [-0.05, 0) is 19.4 Å². The van der Waals surface area contributed by atoms with Crippen LogP contribution in [0.15, 0.2) is 24.9 Å². The van der Waals surface area contributed by atoms with Gasteiger partial charge in [0.15, 0.2) is 16.4 Å². The summed E-state index contributed by atoms with van der Waals surface area (Å²) in [7, 11) is -3.39. The largest absolute Gasteiger partial charge is 0.484 e. The third-order valence-electron chi connectivity index (χ3n) is 2.64. The normalized spacial score (nSPS) is 12.2. The monoisotopic (exact) mass is 323 g/mol. The van der Waals surface area contributed by atoms with Gasteiger partial charge in [0.2, 0.25) is 0 Å². The average Bonchev–Trinajstić information content (AvgIpc) is 2.36. The fourth-order valence-corrected chi connectivity index (χ4v) is 2.94. The topological polar surface area (TPSA) is 56.3 Å². The van der Waals surface area contributed by atoms with Crippen molar-refractivity contribution in [1.29, 1.82) is 0 Å². The molecule has 1 rings (SSSR count). The van der Waals surface area contributed by atoms with Crippen molar-refractivity contribution in [3.05, 3.63) is 36.2 Å². The second-order valence-corrected chi connectivity index (χ2v) is 6.64. The number of hydrogen-bond acceptors (Lipinski definition) is 4. The number of nitrogens with zero attached hydrogens (tertiary/aromatic N) is 1. The SMILES string of the molecule is C=CCCS(=O)(=O)Cc1nccc(OCC(F)(F)F)c1C. The Morgan fingerprint density at radius 3 is 2.67 bits per heavy atom.